The first-order valence-electron chi connectivity index (χ1n) is 2.56. The van der Waals surface area contributed by atoms with E-state index in [2.05, 4.69) is 9.97 Å². The zero-order chi connectivity index (χ0) is 7.72. The van der Waals surface area contributed by atoms with Crippen LogP contribution in [0.1, 0.15) is 16.2 Å². The van der Waals surface area contributed by atoms with Gasteiger partial charge in [-0.1, -0.05) is 0 Å². The van der Waals surface area contributed by atoms with Crippen LogP contribution in [0.25, 0.3) is 0 Å². The molecule has 0 fully saturated rings. The number of carboxylic acids is 1. The number of carboxylic acid groups (broad SMARTS) is 1. The average Bonchev–Trinajstić information content (AvgIpc) is 2.10. The molecule has 0 bridgehead atoms. The number of H-pyrrole nitrogens is 1. The summed E-state index contributed by atoms with van der Waals surface area (Å²) in [6.45, 7) is 1.58. The van der Waals surface area contributed by atoms with E-state index in [0.717, 1.165) is 0 Å². The molecule has 5 heteroatoms. The van der Waals surface area contributed by atoms with E-state index in [9.17, 15) is 4.79 Å². The molecule has 1 aromatic rings. The van der Waals surface area contributed by atoms with Crippen molar-refractivity contribution in [1.29, 1.82) is 0 Å². The molecule has 4 nitrogen and oxygen atoms in total. The van der Waals surface area contributed by atoms with Gasteiger partial charge in [-0.3, -0.25) is 0 Å². The Labute approximate surface area is 61.8 Å². The Morgan fingerprint density at radius 3 is 2.60 bits per heavy atom. The van der Waals surface area contributed by atoms with Crippen LogP contribution >= 0.6 is 11.6 Å². The Balaban J connectivity index is 3.15. The van der Waals surface area contributed by atoms with Crippen molar-refractivity contribution in [2.75, 3.05) is 0 Å². The van der Waals surface area contributed by atoms with Gasteiger partial charge in [-0.25, -0.2) is 9.78 Å². The molecule has 0 saturated heterocycles. The van der Waals surface area contributed by atoms with Crippen molar-refractivity contribution in [3.8, 4) is 0 Å². The van der Waals surface area contributed by atoms with Crippen LogP contribution in [0.2, 0.25) is 5.28 Å². The Morgan fingerprint density at radius 1 is 1.80 bits per heavy atom. The smallest absolute Gasteiger partial charge is 0.354 e. The second-order valence-electron chi connectivity index (χ2n) is 1.79. The summed E-state index contributed by atoms with van der Waals surface area (Å²) < 4.78 is 0. The fraction of sp³-hybridized carbons (Fsp3) is 0.200. The van der Waals surface area contributed by atoms with Crippen LogP contribution in [0.3, 0.4) is 0 Å². The number of aryl methyl sites for hydroxylation is 1. The van der Waals surface area contributed by atoms with Gasteiger partial charge >= 0.3 is 5.97 Å². The van der Waals surface area contributed by atoms with E-state index in [0.29, 0.717) is 5.69 Å². The lowest BCUT2D eigenvalue weighted by atomic mass is 10.4. The van der Waals surface area contributed by atoms with E-state index in [1.807, 2.05) is 0 Å². The molecule has 54 valence electrons. The molecule has 1 rings (SSSR count). The lowest BCUT2D eigenvalue weighted by Gasteiger charge is -1.85. The third-order valence-corrected chi connectivity index (χ3v) is 1.25. The van der Waals surface area contributed by atoms with Crippen LogP contribution < -0.4 is 0 Å². The summed E-state index contributed by atoms with van der Waals surface area (Å²) >= 11 is 5.38. The van der Waals surface area contributed by atoms with Gasteiger partial charge in [0.1, 0.15) is 5.69 Å². The highest BCUT2D eigenvalue weighted by Crippen LogP contribution is 2.07. The molecule has 0 spiro atoms. The van der Waals surface area contributed by atoms with E-state index in [-0.39, 0.29) is 11.0 Å². The second-order valence-corrected chi connectivity index (χ2v) is 2.15. The van der Waals surface area contributed by atoms with Crippen molar-refractivity contribution in [2.24, 2.45) is 0 Å². The maximum absolute atomic E-state index is 10.3. The fourth-order valence-corrected chi connectivity index (χ4v) is 0.854. The number of aromatic amines is 1. The van der Waals surface area contributed by atoms with Crippen molar-refractivity contribution < 1.29 is 9.90 Å². The minimum atomic E-state index is -1.04. The van der Waals surface area contributed by atoms with Crippen molar-refractivity contribution >= 4 is 17.6 Å². The molecular weight excluding hydrogens is 156 g/mol. The number of aromatic carboxylic acids is 1. The predicted octanol–water partition coefficient (Wildman–Crippen LogP) is 1.07. The molecule has 0 aliphatic heterocycles. The fourth-order valence-electron chi connectivity index (χ4n) is 0.633. The van der Waals surface area contributed by atoms with Crippen LogP contribution in [0, 0.1) is 6.92 Å². The maximum atomic E-state index is 10.3. The summed E-state index contributed by atoms with van der Waals surface area (Å²) in [5, 5.41) is 8.56. The number of hydrogen-bond acceptors (Lipinski definition) is 2. The van der Waals surface area contributed by atoms with Crippen LogP contribution in [0.4, 0.5) is 0 Å². The molecule has 0 amide bonds. The molecule has 2 N–H and O–H groups in total. The third-order valence-electron chi connectivity index (χ3n) is 1.07. The van der Waals surface area contributed by atoms with Crippen LogP contribution in [0.15, 0.2) is 0 Å². The Bertz CT molecular complexity index is 269. The van der Waals surface area contributed by atoms with E-state index in [4.69, 9.17) is 16.7 Å². The summed E-state index contributed by atoms with van der Waals surface area (Å²) in [5.41, 5.74) is 0.447. The Kier molecular flexibility index (Phi) is 1.63. The van der Waals surface area contributed by atoms with Gasteiger partial charge in [0.25, 0.3) is 0 Å². The number of aromatic nitrogens is 2. The molecule has 0 saturated carbocycles. The van der Waals surface area contributed by atoms with Gasteiger partial charge in [0, 0.05) is 0 Å². The molecular formula is C5H5ClN2O2. The minimum absolute atomic E-state index is 0.0463. The molecule has 0 unspecified atom stereocenters. The van der Waals surface area contributed by atoms with E-state index in [1.165, 1.54) is 0 Å². The lowest BCUT2D eigenvalue weighted by Crippen LogP contribution is -1.98. The first-order chi connectivity index (χ1) is 4.61. The van der Waals surface area contributed by atoms with Gasteiger partial charge in [-0.2, -0.15) is 0 Å². The summed E-state index contributed by atoms with van der Waals surface area (Å²) in [5.74, 6) is -1.04. The molecule has 0 aromatic carbocycles. The monoisotopic (exact) mass is 160 g/mol. The van der Waals surface area contributed by atoms with Gasteiger partial charge in [-0.15, -0.1) is 0 Å². The third kappa shape index (κ3) is 1.11. The zero-order valence-electron chi connectivity index (χ0n) is 5.18. The molecule has 0 radical (unpaired) electrons. The number of halogens is 1. The van der Waals surface area contributed by atoms with Gasteiger partial charge in [0.2, 0.25) is 5.28 Å². The van der Waals surface area contributed by atoms with Gasteiger partial charge in [0.15, 0.2) is 0 Å². The molecule has 1 heterocycles. The highest BCUT2D eigenvalue weighted by atomic mass is 35.5. The van der Waals surface area contributed by atoms with Gasteiger partial charge < -0.3 is 10.1 Å². The van der Waals surface area contributed by atoms with E-state index in [1.54, 1.807) is 6.92 Å². The zero-order valence-corrected chi connectivity index (χ0v) is 5.94. The van der Waals surface area contributed by atoms with Crippen molar-refractivity contribution in [2.45, 2.75) is 6.92 Å². The maximum Gasteiger partial charge on any atom is 0.354 e. The second kappa shape index (κ2) is 2.30. The molecule has 0 aliphatic carbocycles. The summed E-state index contributed by atoms with van der Waals surface area (Å²) in [6, 6.07) is 0. The first kappa shape index (κ1) is 7.08. The standard InChI is InChI=1S/C5H5ClN2O2/c1-2-3(4(9)10)8-5(6)7-2/h1H3,(H,7,8)(H,9,10). The SMILES string of the molecule is Cc1nc(Cl)[nH]c1C(=O)O. The number of carbonyl (C=O) groups is 1. The van der Waals surface area contributed by atoms with Gasteiger partial charge in [-0.05, 0) is 18.5 Å². The summed E-state index contributed by atoms with van der Waals surface area (Å²) in [7, 11) is 0. The van der Waals surface area contributed by atoms with Crippen LogP contribution in [-0.4, -0.2) is 21.0 Å². The number of rotatable bonds is 1. The predicted molar refractivity (Wildman–Crippen MR) is 35.3 cm³/mol. The van der Waals surface area contributed by atoms with E-state index < -0.39 is 5.97 Å². The van der Waals surface area contributed by atoms with Crippen molar-refractivity contribution in [1.82, 2.24) is 9.97 Å². The lowest BCUT2D eigenvalue weighted by molar-refractivity contribution is 0.0690. The Morgan fingerprint density at radius 2 is 2.40 bits per heavy atom. The van der Waals surface area contributed by atoms with Crippen molar-refractivity contribution in [3.05, 3.63) is 16.7 Å². The average molecular weight is 161 g/mol. The molecule has 1 aromatic heterocycles. The normalized spacial score (nSPS) is 9.80. The largest absolute Gasteiger partial charge is 0.477 e. The highest BCUT2D eigenvalue weighted by Gasteiger charge is 2.10. The first-order valence-corrected chi connectivity index (χ1v) is 2.94. The molecule has 10 heavy (non-hydrogen) atoms. The van der Waals surface area contributed by atoms with Crippen molar-refractivity contribution in [3.63, 3.8) is 0 Å². The summed E-state index contributed by atoms with van der Waals surface area (Å²) in [6.07, 6.45) is 0. The topological polar surface area (TPSA) is 66.0 Å². The number of nitrogens with one attached hydrogen (secondary N) is 1. The molecule has 0 atom stereocenters. The summed E-state index contributed by atoms with van der Waals surface area (Å²) in [4.78, 5) is 16.4. The van der Waals surface area contributed by atoms with Crippen LogP contribution in [-0.2, 0) is 0 Å². The minimum Gasteiger partial charge on any atom is -0.477 e. The number of hydrogen-bond donors (Lipinski definition) is 2. The molecule has 0 aliphatic rings. The highest BCUT2D eigenvalue weighted by molar-refractivity contribution is 6.28. The number of imidazole rings is 1. The Hall–Kier alpha value is -1.03. The van der Waals surface area contributed by atoms with Gasteiger partial charge in [0.05, 0.1) is 5.69 Å². The number of nitrogens with zero attached hydrogens (tertiary/aromatic N) is 1. The van der Waals surface area contributed by atoms with Crippen LogP contribution in [0.5, 0.6) is 0 Å². The van der Waals surface area contributed by atoms with E-state index >= 15 is 0 Å². The quantitative estimate of drug-likeness (QED) is 0.646.